The van der Waals surface area contributed by atoms with Crippen LogP contribution in [0.2, 0.25) is 0 Å². The molecule has 4 rings (SSSR count). The lowest BCUT2D eigenvalue weighted by atomic mass is 9.94. The number of hydrogen-bond acceptors (Lipinski definition) is 3. The van der Waals surface area contributed by atoms with Gasteiger partial charge < -0.3 is 10.4 Å². The molecule has 2 N–H and O–H groups in total. The zero-order valence-electron chi connectivity index (χ0n) is 11.3. The quantitative estimate of drug-likeness (QED) is 0.886. The Hall–Kier alpha value is -1.84. The van der Waals surface area contributed by atoms with Crippen LogP contribution in [0.5, 0.6) is 0 Å². The Morgan fingerprint density at radius 3 is 2.95 bits per heavy atom. The maximum Gasteiger partial charge on any atom is 0.339 e. The number of pyridine rings is 1. The molecule has 4 nitrogen and oxygen atoms in total. The topological polar surface area (TPSA) is 62.2 Å². The largest absolute Gasteiger partial charge is 0.478 e. The first-order valence-corrected chi connectivity index (χ1v) is 7.40. The zero-order valence-corrected chi connectivity index (χ0v) is 11.3. The van der Waals surface area contributed by atoms with Crippen molar-refractivity contribution in [1.82, 2.24) is 4.98 Å². The second kappa shape index (κ2) is 4.33. The molecular weight excluding hydrogens is 252 g/mol. The highest BCUT2D eigenvalue weighted by Gasteiger charge is 2.40. The first-order chi connectivity index (χ1) is 9.72. The van der Waals surface area contributed by atoms with E-state index in [4.69, 9.17) is 0 Å². The molecule has 3 atom stereocenters. The number of aromatic carboxylic acids is 1. The van der Waals surface area contributed by atoms with Crippen molar-refractivity contribution in [3.8, 4) is 0 Å². The predicted octanol–water partition coefficient (Wildman–Crippen LogP) is 2.95. The first-order valence-electron chi connectivity index (χ1n) is 7.40. The number of hydrogen-bond donors (Lipinski definition) is 2. The Labute approximate surface area is 117 Å². The minimum atomic E-state index is -0.897. The van der Waals surface area contributed by atoms with Gasteiger partial charge in [-0.2, -0.15) is 0 Å². The molecule has 0 unspecified atom stereocenters. The van der Waals surface area contributed by atoms with Gasteiger partial charge in [-0.25, -0.2) is 4.79 Å². The van der Waals surface area contributed by atoms with E-state index >= 15 is 0 Å². The minimum absolute atomic E-state index is 0.304. The van der Waals surface area contributed by atoms with Crippen LogP contribution in [0.1, 0.15) is 47.3 Å². The number of carboxylic acid groups (broad SMARTS) is 1. The first kappa shape index (κ1) is 11.9. The standard InChI is InChI=1S/C16H18N2O2/c19-16(20)12-8-17-13-3-1-2-11(13)15(12)18-14-7-9-4-5-10(14)6-9/h1-2,8-10,14H,3-7H2,(H,17,18)(H,19,20)/t9-,10+,14-/m0/s1. The molecule has 4 heteroatoms. The second-order valence-electron chi connectivity index (χ2n) is 6.24. The Kier molecular flexibility index (Phi) is 2.59. The van der Waals surface area contributed by atoms with Gasteiger partial charge in [0.05, 0.1) is 11.4 Å². The third kappa shape index (κ3) is 1.74. The van der Waals surface area contributed by atoms with Crippen LogP contribution >= 0.6 is 0 Å². The van der Waals surface area contributed by atoms with Gasteiger partial charge in [0.2, 0.25) is 0 Å². The highest BCUT2D eigenvalue weighted by molar-refractivity contribution is 5.97. The summed E-state index contributed by atoms with van der Waals surface area (Å²) < 4.78 is 0. The Balaban J connectivity index is 1.71. The van der Waals surface area contributed by atoms with Gasteiger partial charge in [-0.1, -0.05) is 18.6 Å². The number of carboxylic acids is 1. The summed E-state index contributed by atoms with van der Waals surface area (Å²) in [5.41, 5.74) is 3.06. The van der Waals surface area contributed by atoms with E-state index < -0.39 is 5.97 Å². The van der Waals surface area contributed by atoms with Crippen LogP contribution in [0.4, 0.5) is 5.69 Å². The van der Waals surface area contributed by atoms with Crippen LogP contribution in [0.15, 0.2) is 12.3 Å². The van der Waals surface area contributed by atoms with E-state index in [0.717, 1.165) is 35.2 Å². The molecule has 20 heavy (non-hydrogen) atoms. The summed E-state index contributed by atoms with van der Waals surface area (Å²) >= 11 is 0. The maximum atomic E-state index is 11.5. The van der Waals surface area contributed by atoms with Crippen molar-refractivity contribution in [1.29, 1.82) is 0 Å². The second-order valence-corrected chi connectivity index (χ2v) is 6.24. The van der Waals surface area contributed by atoms with E-state index in [9.17, 15) is 9.90 Å². The molecule has 2 fully saturated rings. The van der Waals surface area contributed by atoms with Gasteiger partial charge in [-0.15, -0.1) is 0 Å². The summed E-state index contributed by atoms with van der Waals surface area (Å²) in [4.78, 5) is 15.7. The summed E-state index contributed by atoms with van der Waals surface area (Å²) in [5, 5.41) is 12.9. The number of anilines is 1. The van der Waals surface area contributed by atoms with E-state index in [0.29, 0.717) is 11.6 Å². The molecule has 0 saturated heterocycles. The molecule has 1 aromatic heterocycles. The zero-order chi connectivity index (χ0) is 13.7. The molecule has 0 radical (unpaired) electrons. The molecular formula is C16H18N2O2. The van der Waals surface area contributed by atoms with E-state index in [1.54, 1.807) is 0 Å². The van der Waals surface area contributed by atoms with Gasteiger partial charge in [0.15, 0.2) is 0 Å². The average Bonchev–Trinajstić information content (AvgIpc) is 3.14. The van der Waals surface area contributed by atoms with Crippen molar-refractivity contribution < 1.29 is 9.90 Å². The van der Waals surface area contributed by atoms with Crippen molar-refractivity contribution in [3.63, 3.8) is 0 Å². The van der Waals surface area contributed by atoms with Gasteiger partial charge >= 0.3 is 5.97 Å². The van der Waals surface area contributed by atoms with Gasteiger partial charge in [-0.3, -0.25) is 4.98 Å². The van der Waals surface area contributed by atoms with Crippen molar-refractivity contribution in [2.75, 3.05) is 5.32 Å². The van der Waals surface area contributed by atoms with Crippen LogP contribution < -0.4 is 5.32 Å². The summed E-state index contributed by atoms with van der Waals surface area (Å²) in [7, 11) is 0. The fourth-order valence-corrected chi connectivity index (χ4v) is 4.12. The lowest BCUT2D eigenvalue weighted by Crippen LogP contribution is -2.27. The molecule has 2 bridgehead atoms. The van der Waals surface area contributed by atoms with Crippen LogP contribution in [-0.2, 0) is 6.42 Å². The highest BCUT2D eigenvalue weighted by atomic mass is 16.4. The summed E-state index contributed by atoms with van der Waals surface area (Å²) in [6.45, 7) is 0. The highest BCUT2D eigenvalue weighted by Crippen LogP contribution is 2.46. The molecule has 1 heterocycles. The third-order valence-electron chi connectivity index (χ3n) is 5.09. The van der Waals surface area contributed by atoms with E-state index in [1.165, 1.54) is 31.9 Å². The Morgan fingerprint density at radius 2 is 2.25 bits per heavy atom. The van der Waals surface area contributed by atoms with Crippen LogP contribution in [0.25, 0.3) is 6.08 Å². The van der Waals surface area contributed by atoms with E-state index in [-0.39, 0.29) is 0 Å². The SMILES string of the molecule is O=C(O)c1cnc2c(c1N[C@H]1C[C@H]3CC[C@@H]1C3)C=CC2. The molecule has 1 aromatic rings. The predicted molar refractivity (Wildman–Crippen MR) is 76.8 cm³/mol. The monoisotopic (exact) mass is 270 g/mol. The number of carbonyl (C=O) groups is 1. The number of nitrogens with one attached hydrogen (secondary N) is 1. The fourth-order valence-electron chi connectivity index (χ4n) is 4.12. The van der Waals surface area contributed by atoms with Crippen LogP contribution in [-0.4, -0.2) is 22.1 Å². The smallest absolute Gasteiger partial charge is 0.339 e. The lowest BCUT2D eigenvalue weighted by Gasteiger charge is -2.26. The van der Waals surface area contributed by atoms with Crippen molar-refractivity contribution in [3.05, 3.63) is 29.1 Å². The molecule has 3 aliphatic rings. The fraction of sp³-hybridized carbons (Fsp3) is 0.500. The molecule has 0 aliphatic heterocycles. The van der Waals surface area contributed by atoms with Gasteiger partial charge in [0, 0.05) is 24.2 Å². The number of rotatable bonds is 3. The minimum Gasteiger partial charge on any atom is -0.478 e. The van der Waals surface area contributed by atoms with Gasteiger partial charge in [0.1, 0.15) is 5.56 Å². The molecule has 3 aliphatic carbocycles. The number of nitrogens with zero attached hydrogens (tertiary/aromatic N) is 1. The van der Waals surface area contributed by atoms with E-state index in [1.807, 2.05) is 6.08 Å². The maximum absolute atomic E-state index is 11.5. The Bertz CT molecular complexity index is 609. The molecule has 0 spiro atoms. The van der Waals surface area contributed by atoms with Crippen molar-refractivity contribution in [2.45, 2.75) is 38.1 Å². The van der Waals surface area contributed by atoms with Crippen molar-refractivity contribution in [2.24, 2.45) is 11.8 Å². The molecule has 0 aromatic carbocycles. The molecule has 0 amide bonds. The van der Waals surface area contributed by atoms with Gasteiger partial charge in [0.25, 0.3) is 0 Å². The van der Waals surface area contributed by atoms with E-state index in [2.05, 4.69) is 16.4 Å². The normalized spacial score (nSPS) is 29.7. The molecule has 104 valence electrons. The van der Waals surface area contributed by atoms with Crippen LogP contribution in [0.3, 0.4) is 0 Å². The summed E-state index contributed by atoms with van der Waals surface area (Å²) in [5.74, 6) is 0.665. The van der Waals surface area contributed by atoms with Crippen LogP contribution in [0, 0.1) is 11.8 Å². The number of aromatic nitrogens is 1. The van der Waals surface area contributed by atoms with Crippen molar-refractivity contribution >= 4 is 17.7 Å². The number of allylic oxidation sites excluding steroid dienone is 1. The summed E-state index contributed by atoms with van der Waals surface area (Å²) in [6.07, 6.45) is 11.5. The summed E-state index contributed by atoms with van der Waals surface area (Å²) in [6, 6.07) is 0.437. The van der Waals surface area contributed by atoms with Gasteiger partial charge in [-0.05, 0) is 31.1 Å². The Morgan fingerprint density at radius 1 is 1.35 bits per heavy atom. The average molecular weight is 270 g/mol. The molecule has 2 saturated carbocycles. The third-order valence-corrected chi connectivity index (χ3v) is 5.09. The number of fused-ring (bicyclic) bond motifs is 3. The lowest BCUT2D eigenvalue weighted by molar-refractivity contribution is 0.0697.